The van der Waals surface area contributed by atoms with Crippen molar-refractivity contribution in [2.45, 2.75) is 13.5 Å². The van der Waals surface area contributed by atoms with Crippen LogP contribution in [0.3, 0.4) is 0 Å². The molecule has 2 aromatic carbocycles. The minimum Gasteiger partial charge on any atom is -0.377 e. The summed E-state index contributed by atoms with van der Waals surface area (Å²) in [7, 11) is 0. The van der Waals surface area contributed by atoms with E-state index in [1.54, 1.807) is 6.07 Å². The van der Waals surface area contributed by atoms with Crippen LogP contribution in [0.15, 0.2) is 42.5 Å². The van der Waals surface area contributed by atoms with Crippen molar-refractivity contribution < 1.29 is 9.13 Å². The van der Waals surface area contributed by atoms with Gasteiger partial charge in [-0.2, -0.15) is 5.26 Å². The molecule has 2 nitrogen and oxygen atoms in total. The summed E-state index contributed by atoms with van der Waals surface area (Å²) in [5, 5.41) is 8.69. The first-order chi connectivity index (χ1) is 9.24. The molecule has 0 aliphatic heterocycles. The first kappa shape index (κ1) is 13.3. The number of nitriles is 1. The van der Waals surface area contributed by atoms with Gasteiger partial charge in [0.25, 0.3) is 0 Å². The Balaban J connectivity index is 2.22. The van der Waals surface area contributed by atoms with Crippen LogP contribution >= 0.6 is 0 Å². The molecular weight excluding hydrogens is 241 g/mol. The van der Waals surface area contributed by atoms with Crippen LogP contribution in [0.4, 0.5) is 4.39 Å². The molecule has 0 fully saturated rings. The summed E-state index contributed by atoms with van der Waals surface area (Å²) in [6.45, 7) is 3.22. The Morgan fingerprint density at radius 2 is 1.79 bits per heavy atom. The molecule has 2 aromatic rings. The topological polar surface area (TPSA) is 33.0 Å². The van der Waals surface area contributed by atoms with E-state index in [-0.39, 0.29) is 5.56 Å². The lowest BCUT2D eigenvalue weighted by Gasteiger charge is -2.05. The van der Waals surface area contributed by atoms with Gasteiger partial charge in [0, 0.05) is 6.61 Å². The number of hydrogen-bond donors (Lipinski definition) is 0. The van der Waals surface area contributed by atoms with Crippen molar-refractivity contribution in [1.29, 1.82) is 5.26 Å². The molecule has 96 valence electrons. The highest BCUT2D eigenvalue weighted by molar-refractivity contribution is 5.64. The third kappa shape index (κ3) is 3.18. The van der Waals surface area contributed by atoms with Gasteiger partial charge >= 0.3 is 0 Å². The first-order valence-electron chi connectivity index (χ1n) is 6.11. The van der Waals surface area contributed by atoms with Crippen molar-refractivity contribution >= 4 is 0 Å². The third-order valence-corrected chi connectivity index (χ3v) is 2.85. The highest BCUT2D eigenvalue weighted by Gasteiger charge is 2.04. The number of halogens is 1. The number of benzene rings is 2. The molecule has 0 saturated carbocycles. The Hall–Kier alpha value is -2.18. The molecule has 2 rings (SSSR count). The van der Waals surface area contributed by atoms with E-state index in [1.165, 1.54) is 12.1 Å². The zero-order chi connectivity index (χ0) is 13.7. The largest absolute Gasteiger partial charge is 0.377 e. The minimum absolute atomic E-state index is 0.0664. The average molecular weight is 255 g/mol. The van der Waals surface area contributed by atoms with Crippen LogP contribution in [0.1, 0.15) is 18.1 Å². The van der Waals surface area contributed by atoms with Gasteiger partial charge in [0.05, 0.1) is 12.2 Å². The van der Waals surface area contributed by atoms with E-state index < -0.39 is 5.82 Å². The van der Waals surface area contributed by atoms with E-state index in [9.17, 15) is 4.39 Å². The molecule has 0 heterocycles. The predicted octanol–water partition coefficient (Wildman–Crippen LogP) is 3.90. The molecule has 3 heteroatoms. The van der Waals surface area contributed by atoms with E-state index in [0.29, 0.717) is 13.2 Å². The maximum Gasteiger partial charge on any atom is 0.141 e. The SMILES string of the molecule is CCOCc1ccc(-c2ccc(C#N)c(F)c2)cc1. The highest BCUT2D eigenvalue weighted by atomic mass is 19.1. The van der Waals surface area contributed by atoms with Crippen LogP contribution in [0, 0.1) is 17.1 Å². The number of rotatable bonds is 4. The second-order valence-corrected chi connectivity index (χ2v) is 4.14. The molecule has 0 aromatic heterocycles. The van der Waals surface area contributed by atoms with Gasteiger partial charge in [0.15, 0.2) is 0 Å². The lowest BCUT2D eigenvalue weighted by atomic mass is 10.0. The predicted molar refractivity (Wildman–Crippen MR) is 71.9 cm³/mol. The van der Waals surface area contributed by atoms with Crippen molar-refractivity contribution in [3.05, 3.63) is 59.4 Å². The van der Waals surface area contributed by atoms with E-state index in [4.69, 9.17) is 10.00 Å². The molecule has 0 atom stereocenters. The fourth-order valence-corrected chi connectivity index (χ4v) is 1.80. The number of ether oxygens (including phenoxy) is 1. The Morgan fingerprint density at radius 1 is 1.11 bits per heavy atom. The summed E-state index contributed by atoms with van der Waals surface area (Å²) in [4.78, 5) is 0. The van der Waals surface area contributed by atoms with Crippen LogP contribution in [-0.4, -0.2) is 6.61 Å². The first-order valence-corrected chi connectivity index (χ1v) is 6.11. The standard InChI is InChI=1S/C16H14FNO/c1-2-19-11-12-3-5-13(6-4-12)14-7-8-15(10-18)16(17)9-14/h3-9H,2,11H2,1H3. The summed E-state index contributed by atoms with van der Waals surface area (Å²) in [5.74, 6) is -0.488. The maximum atomic E-state index is 13.5. The smallest absolute Gasteiger partial charge is 0.141 e. The van der Waals surface area contributed by atoms with Crippen LogP contribution < -0.4 is 0 Å². The van der Waals surface area contributed by atoms with Crippen molar-refractivity contribution in [2.75, 3.05) is 6.61 Å². The quantitative estimate of drug-likeness (QED) is 0.830. The van der Waals surface area contributed by atoms with Crippen molar-refractivity contribution in [3.8, 4) is 17.2 Å². The molecule has 0 radical (unpaired) electrons. The molecule has 0 amide bonds. The summed E-state index contributed by atoms with van der Waals surface area (Å²) < 4.78 is 18.9. The van der Waals surface area contributed by atoms with E-state index in [2.05, 4.69) is 0 Å². The van der Waals surface area contributed by atoms with Gasteiger partial charge < -0.3 is 4.74 Å². The summed E-state index contributed by atoms with van der Waals surface area (Å²) in [6, 6.07) is 14.2. The van der Waals surface area contributed by atoms with Gasteiger partial charge in [-0.1, -0.05) is 30.3 Å². The van der Waals surface area contributed by atoms with Gasteiger partial charge in [-0.3, -0.25) is 0 Å². The second-order valence-electron chi connectivity index (χ2n) is 4.14. The normalized spacial score (nSPS) is 10.2. The van der Waals surface area contributed by atoms with Gasteiger partial charge in [-0.15, -0.1) is 0 Å². The summed E-state index contributed by atoms with van der Waals surface area (Å²) >= 11 is 0. The van der Waals surface area contributed by atoms with Gasteiger partial charge in [-0.05, 0) is 35.7 Å². The number of nitrogens with zero attached hydrogens (tertiary/aromatic N) is 1. The summed E-state index contributed by atoms with van der Waals surface area (Å²) in [6.07, 6.45) is 0. The van der Waals surface area contributed by atoms with Crippen LogP contribution in [0.25, 0.3) is 11.1 Å². The van der Waals surface area contributed by atoms with Crippen molar-refractivity contribution in [2.24, 2.45) is 0 Å². The van der Waals surface area contributed by atoms with Crippen molar-refractivity contribution in [1.82, 2.24) is 0 Å². The molecule has 19 heavy (non-hydrogen) atoms. The highest BCUT2D eigenvalue weighted by Crippen LogP contribution is 2.22. The zero-order valence-electron chi connectivity index (χ0n) is 10.7. The molecule has 0 saturated heterocycles. The second kappa shape index (κ2) is 6.12. The van der Waals surface area contributed by atoms with Gasteiger partial charge in [-0.25, -0.2) is 4.39 Å². The number of hydrogen-bond acceptors (Lipinski definition) is 2. The fraction of sp³-hybridized carbons (Fsp3) is 0.188. The molecule has 0 N–H and O–H groups in total. The van der Waals surface area contributed by atoms with E-state index in [0.717, 1.165) is 16.7 Å². The average Bonchev–Trinajstić information content (AvgIpc) is 2.45. The Bertz CT molecular complexity index is 599. The van der Waals surface area contributed by atoms with Crippen LogP contribution in [-0.2, 0) is 11.3 Å². The lowest BCUT2D eigenvalue weighted by Crippen LogP contribution is -1.91. The molecule has 0 aliphatic carbocycles. The van der Waals surface area contributed by atoms with Crippen LogP contribution in [0.5, 0.6) is 0 Å². The van der Waals surface area contributed by atoms with Crippen molar-refractivity contribution in [3.63, 3.8) is 0 Å². The Morgan fingerprint density at radius 3 is 2.37 bits per heavy atom. The molecule has 0 unspecified atom stereocenters. The minimum atomic E-state index is -0.488. The van der Waals surface area contributed by atoms with E-state index in [1.807, 2.05) is 37.3 Å². The van der Waals surface area contributed by atoms with Gasteiger partial charge in [0.2, 0.25) is 0 Å². The molecule has 0 aliphatic rings. The molecule has 0 bridgehead atoms. The Kier molecular flexibility index (Phi) is 4.27. The van der Waals surface area contributed by atoms with Gasteiger partial charge in [0.1, 0.15) is 11.9 Å². The zero-order valence-corrected chi connectivity index (χ0v) is 10.7. The Labute approximate surface area is 112 Å². The maximum absolute atomic E-state index is 13.5. The fourth-order valence-electron chi connectivity index (χ4n) is 1.80. The molecule has 0 spiro atoms. The summed E-state index contributed by atoms with van der Waals surface area (Å²) in [5.41, 5.74) is 2.83. The van der Waals surface area contributed by atoms with Crippen LogP contribution in [0.2, 0.25) is 0 Å². The monoisotopic (exact) mass is 255 g/mol. The molecular formula is C16H14FNO. The van der Waals surface area contributed by atoms with E-state index >= 15 is 0 Å². The lowest BCUT2D eigenvalue weighted by molar-refractivity contribution is 0.134. The third-order valence-electron chi connectivity index (χ3n) is 2.85.